The monoisotopic (exact) mass is 352 g/mol. The van der Waals surface area contributed by atoms with Gasteiger partial charge >= 0.3 is 5.97 Å². The minimum Gasteiger partial charge on any atom is -0.463 e. The van der Waals surface area contributed by atoms with Crippen molar-refractivity contribution in [2.45, 2.75) is 19.8 Å². The Balaban J connectivity index is 2.57. The normalized spacial score (nSPS) is 18.3. The van der Waals surface area contributed by atoms with E-state index < -0.39 is 11.9 Å². The Morgan fingerprint density at radius 2 is 2.29 bits per heavy atom. The molecule has 6 nitrogen and oxygen atoms in total. The SMILES string of the molecule is CCOC(=O)C1=C(C)OC(N)=C(C#N)[C@@H]1c1ccc(Br)o1. The van der Waals surface area contributed by atoms with Gasteiger partial charge in [0.05, 0.1) is 18.1 Å². The lowest BCUT2D eigenvalue weighted by Crippen LogP contribution is -2.25. The highest BCUT2D eigenvalue weighted by Crippen LogP contribution is 2.40. The molecule has 2 N–H and O–H groups in total. The zero-order valence-corrected chi connectivity index (χ0v) is 13.1. The molecule has 1 atom stereocenters. The number of carbonyl (C=O) groups is 1. The fourth-order valence-electron chi connectivity index (χ4n) is 2.12. The van der Waals surface area contributed by atoms with Crippen molar-refractivity contribution in [1.82, 2.24) is 0 Å². The minimum absolute atomic E-state index is 0.0411. The molecule has 0 radical (unpaired) electrons. The highest BCUT2D eigenvalue weighted by molar-refractivity contribution is 9.10. The van der Waals surface area contributed by atoms with Crippen molar-refractivity contribution in [2.75, 3.05) is 6.61 Å². The van der Waals surface area contributed by atoms with Crippen molar-refractivity contribution >= 4 is 21.9 Å². The number of halogens is 1. The van der Waals surface area contributed by atoms with Crippen LogP contribution in [-0.4, -0.2) is 12.6 Å². The van der Waals surface area contributed by atoms with Gasteiger partial charge in [0.15, 0.2) is 4.67 Å². The van der Waals surface area contributed by atoms with E-state index in [-0.39, 0.29) is 23.6 Å². The van der Waals surface area contributed by atoms with Crippen molar-refractivity contribution in [1.29, 1.82) is 5.26 Å². The Hall–Kier alpha value is -2.20. The van der Waals surface area contributed by atoms with Crippen molar-refractivity contribution in [3.05, 3.63) is 45.4 Å². The van der Waals surface area contributed by atoms with E-state index in [1.165, 1.54) is 0 Å². The first kappa shape index (κ1) is 15.2. The molecule has 0 aliphatic carbocycles. The smallest absolute Gasteiger partial charge is 0.338 e. The molecule has 0 unspecified atom stereocenters. The molecule has 0 amide bonds. The van der Waals surface area contributed by atoms with Crippen LogP contribution >= 0.6 is 15.9 Å². The molecule has 0 aromatic carbocycles. The number of esters is 1. The van der Waals surface area contributed by atoms with Gasteiger partial charge < -0.3 is 19.6 Å². The standard InChI is InChI=1S/C14H13BrN2O4/c1-3-19-14(18)11-7(2)20-13(17)8(6-16)12(11)9-4-5-10(15)21-9/h4-5,12H,3,17H2,1-2H3/t12-/m1/s1. The summed E-state index contributed by atoms with van der Waals surface area (Å²) in [6.45, 7) is 3.51. The lowest BCUT2D eigenvalue weighted by molar-refractivity contribution is -0.139. The van der Waals surface area contributed by atoms with E-state index in [9.17, 15) is 10.1 Å². The van der Waals surface area contributed by atoms with Gasteiger partial charge in [-0.15, -0.1) is 0 Å². The maximum atomic E-state index is 12.2. The summed E-state index contributed by atoms with van der Waals surface area (Å²) < 4.78 is 16.3. The summed E-state index contributed by atoms with van der Waals surface area (Å²) in [7, 11) is 0. The van der Waals surface area contributed by atoms with Crippen LogP contribution in [0.5, 0.6) is 0 Å². The second kappa shape index (κ2) is 6.06. The number of ether oxygens (including phenoxy) is 2. The first-order valence-corrected chi connectivity index (χ1v) is 6.99. The van der Waals surface area contributed by atoms with Gasteiger partial charge in [-0.2, -0.15) is 5.26 Å². The average Bonchev–Trinajstić information content (AvgIpc) is 2.84. The molecule has 110 valence electrons. The molecular weight excluding hydrogens is 340 g/mol. The first-order chi connectivity index (χ1) is 9.99. The summed E-state index contributed by atoms with van der Waals surface area (Å²) in [5, 5.41) is 9.32. The predicted octanol–water partition coefficient (Wildman–Crippen LogP) is 2.69. The second-order valence-corrected chi connectivity index (χ2v) is 5.04. The van der Waals surface area contributed by atoms with Crippen LogP contribution in [0.2, 0.25) is 0 Å². The lowest BCUT2D eigenvalue weighted by atomic mass is 9.87. The summed E-state index contributed by atoms with van der Waals surface area (Å²) in [5.74, 6) is -0.642. The maximum absolute atomic E-state index is 12.2. The molecule has 2 heterocycles. The summed E-state index contributed by atoms with van der Waals surface area (Å²) in [6.07, 6.45) is 0. The molecular formula is C14H13BrN2O4. The Labute approximate surface area is 129 Å². The fraction of sp³-hybridized carbons (Fsp3) is 0.286. The second-order valence-electron chi connectivity index (χ2n) is 4.26. The predicted molar refractivity (Wildman–Crippen MR) is 76.4 cm³/mol. The highest BCUT2D eigenvalue weighted by Gasteiger charge is 2.38. The zero-order chi connectivity index (χ0) is 15.6. The quantitative estimate of drug-likeness (QED) is 0.839. The van der Waals surface area contributed by atoms with Crippen LogP contribution in [0.15, 0.2) is 44.0 Å². The molecule has 1 aliphatic rings. The molecule has 1 aromatic heterocycles. The molecule has 0 saturated heterocycles. The van der Waals surface area contributed by atoms with Crippen LogP contribution in [0.25, 0.3) is 0 Å². The van der Waals surface area contributed by atoms with Crippen molar-refractivity contribution in [3.8, 4) is 6.07 Å². The molecule has 0 spiro atoms. The van der Waals surface area contributed by atoms with Gasteiger partial charge in [0.2, 0.25) is 5.88 Å². The summed E-state index contributed by atoms with van der Waals surface area (Å²) in [6, 6.07) is 5.31. The average molecular weight is 353 g/mol. The summed E-state index contributed by atoms with van der Waals surface area (Å²) in [4.78, 5) is 12.2. The lowest BCUT2D eigenvalue weighted by Gasteiger charge is -2.25. The first-order valence-electron chi connectivity index (χ1n) is 6.20. The van der Waals surface area contributed by atoms with E-state index in [4.69, 9.17) is 19.6 Å². The van der Waals surface area contributed by atoms with E-state index in [0.29, 0.717) is 16.2 Å². The van der Waals surface area contributed by atoms with Crippen LogP contribution in [0.3, 0.4) is 0 Å². The van der Waals surface area contributed by atoms with Gasteiger partial charge in [0.25, 0.3) is 0 Å². The number of rotatable bonds is 3. The van der Waals surface area contributed by atoms with E-state index in [1.807, 2.05) is 6.07 Å². The Bertz CT molecular complexity index is 681. The Morgan fingerprint density at radius 1 is 1.57 bits per heavy atom. The third kappa shape index (κ3) is 2.81. The van der Waals surface area contributed by atoms with Gasteiger partial charge in [-0.3, -0.25) is 0 Å². The zero-order valence-electron chi connectivity index (χ0n) is 11.5. The molecule has 1 aromatic rings. The van der Waals surface area contributed by atoms with Crippen molar-refractivity contribution in [3.63, 3.8) is 0 Å². The van der Waals surface area contributed by atoms with Gasteiger partial charge in [-0.05, 0) is 41.9 Å². The fourth-order valence-corrected chi connectivity index (χ4v) is 2.44. The van der Waals surface area contributed by atoms with Crippen molar-refractivity contribution in [2.24, 2.45) is 5.73 Å². The molecule has 2 rings (SSSR count). The van der Waals surface area contributed by atoms with Gasteiger partial charge in [-0.1, -0.05) is 0 Å². The number of allylic oxidation sites excluding steroid dienone is 2. The van der Waals surface area contributed by atoms with E-state index in [2.05, 4.69) is 15.9 Å². The molecule has 21 heavy (non-hydrogen) atoms. The third-order valence-electron chi connectivity index (χ3n) is 2.98. The van der Waals surface area contributed by atoms with Gasteiger partial charge in [0, 0.05) is 0 Å². The number of furan rings is 1. The Morgan fingerprint density at radius 3 is 2.81 bits per heavy atom. The van der Waals surface area contributed by atoms with Gasteiger partial charge in [0.1, 0.15) is 23.2 Å². The van der Waals surface area contributed by atoms with Gasteiger partial charge in [-0.25, -0.2) is 4.79 Å². The third-order valence-corrected chi connectivity index (χ3v) is 3.41. The van der Waals surface area contributed by atoms with Crippen LogP contribution in [0.1, 0.15) is 25.5 Å². The van der Waals surface area contributed by atoms with Crippen LogP contribution < -0.4 is 5.73 Å². The number of nitrogens with two attached hydrogens (primary N) is 1. The maximum Gasteiger partial charge on any atom is 0.338 e. The van der Waals surface area contributed by atoms with Crippen LogP contribution in [0.4, 0.5) is 0 Å². The van der Waals surface area contributed by atoms with Crippen LogP contribution in [-0.2, 0) is 14.3 Å². The summed E-state index contributed by atoms with van der Waals surface area (Å²) in [5.41, 5.74) is 6.07. The molecule has 1 aliphatic heterocycles. The number of carbonyl (C=O) groups excluding carboxylic acids is 1. The number of hydrogen-bond acceptors (Lipinski definition) is 6. The van der Waals surface area contributed by atoms with Crippen molar-refractivity contribution < 1.29 is 18.7 Å². The largest absolute Gasteiger partial charge is 0.463 e. The van der Waals surface area contributed by atoms with E-state index >= 15 is 0 Å². The molecule has 7 heteroatoms. The number of hydrogen-bond donors (Lipinski definition) is 1. The Kier molecular flexibility index (Phi) is 4.38. The molecule has 0 fully saturated rings. The van der Waals surface area contributed by atoms with E-state index in [0.717, 1.165) is 0 Å². The highest BCUT2D eigenvalue weighted by atomic mass is 79.9. The minimum atomic E-state index is -0.742. The van der Waals surface area contributed by atoms with Crippen LogP contribution in [0, 0.1) is 11.3 Å². The topological polar surface area (TPSA) is 98.5 Å². The molecule has 0 bridgehead atoms. The van der Waals surface area contributed by atoms with E-state index in [1.54, 1.807) is 26.0 Å². The number of nitrogens with zero attached hydrogens (tertiary/aromatic N) is 1. The summed E-state index contributed by atoms with van der Waals surface area (Å²) >= 11 is 3.20. The molecule has 0 saturated carbocycles. The number of nitriles is 1.